The number of nitro groups is 1. The molecule has 2 N–H and O–H groups in total. The Balaban J connectivity index is 1.55. The highest BCUT2D eigenvalue weighted by Gasteiger charge is 2.23. The Morgan fingerprint density at radius 3 is 2.59 bits per heavy atom. The van der Waals surface area contributed by atoms with Gasteiger partial charge in [-0.2, -0.15) is 0 Å². The highest BCUT2D eigenvalue weighted by Crippen LogP contribution is 2.28. The number of carbonyl (C=O) groups excluding carboxylic acids is 2. The third-order valence-corrected chi connectivity index (χ3v) is 4.68. The molecule has 0 aliphatic carbocycles. The summed E-state index contributed by atoms with van der Waals surface area (Å²) in [4.78, 5) is 47.7. The van der Waals surface area contributed by atoms with E-state index < -0.39 is 22.5 Å². The number of carboxylic acid groups (broad SMARTS) is 1. The van der Waals surface area contributed by atoms with Gasteiger partial charge >= 0.3 is 5.97 Å². The van der Waals surface area contributed by atoms with Gasteiger partial charge in [-0.3, -0.25) is 19.7 Å². The molecule has 0 unspecified atom stereocenters. The van der Waals surface area contributed by atoms with Gasteiger partial charge in [0.15, 0.2) is 0 Å². The molecular weight excluding hydrogens is 378 g/mol. The number of anilines is 1. The number of nitrogens with zero attached hydrogens (tertiary/aromatic N) is 2. The van der Waals surface area contributed by atoms with E-state index in [4.69, 9.17) is 5.11 Å². The summed E-state index contributed by atoms with van der Waals surface area (Å²) in [6, 6.07) is 10.7. The molecule has 0 saturated heterocycles. The summed E-state index contributed by atoms with van der Waals surface area (Å²) in [6.45, 7) is 0.821. The Labute approximate surface area is 166 Å². The van der Waals surface area contributed by atoms with Crippen molar-refractivity contribution in [1.29, 1.82) is 0 Å². The standard InChI is InChI=1S/C20H19N3O6/c24-18(22-9-7-13-4-1-2-5-17(13)22)6-3-8-21-19(25)14-10-15(20(26)27)12-16(11-14)23(28)29/h1-2,4-5,10-12H,3,6-9H2,(H,21,25)(H,26,27). The van der Waals surface area contributed by atoms with Crippen molar-refractivity contribution >= 4 is 29.2 Å². The van der Waals surface area contributed by atoms with E-state index in [0.717, 1.165) is 35.9 Å². The molecule has 0 aromatic heterocycles. The van der Waals surface area contributed by atoms with Gasteiger partial charge in [-0.05, 0) is 30.5 Å². The first-order valence-electron chi connectivity index (χ1n) is 9.06. The second-order valence-corrected chi connectivity index (χ2v) is 6.61. The molecule has 2 aromatic carbocycles. The van der Waals surface area contributed by atoms with E-state index in [-0.39, 0.29) is 30.0 Å². The van der Waals surface area contributed by atoms with Gasteiger partial charge in [-0.15, -0.1) is 0 Å². The third-order valence-electron chi connectivity index (χ3n) is 4.68. The fourth-order valence-corrected chi connectivity index (χ4v) is 3.25. The SMILES string of the molecule is O=C(O)c1cc(C(=O)NCCCC(=O)N2CCc3ccccc32)cc([N+](=O)[O-])c1. The summed E-state index contributed by atoms with van der Waals surface area (Å²) in [5.74, 6) is -2.03. The minimum Gasteiger partial charge on any atom is -0.478 e. The van der Waals surface area contributed by atoms with Crippen molar-refractivity contribution in [2.24, 2.45) is 0 Å². The molecule has 0 spiro atoms. The summed E-state index contributed by atoms with van der Waals surface area (Å²) in [6.07, 6.45) is 1.45. The lowest BCUT2D eigenvalue weighted by Crippen LogP contribution is -2.30. The fourth-order valence-electron chi connectivity index (χ4n) is 3.25. The fraction of sp³-hybridized carbons (Fsp3) is 0.250. The van der Waals surface area contributed by atoms with Crippen molar-refractivity contribution in [1.82, 2.24) is 5.32 Å². The highest BCUT2D eigenvalue weighted by atomic mass is 16.6. The molecule has 9 nitrogen and oxygen atoms in total. The minimum atomic E-state index is -1.36. The van der Waals surface area contributed by atoms with Crippen molar-refractivity contribution in [3.63, 3.8) is 0 Å². The van der Waals surface area contributed by atoms with E-state index in [2.05, 4.69) is 5.32 Å². The molecule has 3 rings (SSSR count). The maximum absolute atomic E-state index is 12.4. The normalized spacial score (nSPS) is 12.3. The Morgan fingerprint density at radius 2 is 1.86 bits per heavy atom. The van der Waals surface area contributed by atoms with Crippen molar-refractivity contribution in [2.75, 3.05) is 18.0 Å². The quantitative estimate of drug-likeness (QED) is 0.419. The second kappa shape index (κ2) is 8.51. The number of carboxylic acids is 1. The zero-order chi connectivity index (χ0) is 21.0. The topological polar surface area (TPSA) is 130 Å². The molecule has 1 heterocycles. The number of benzene rings is 2. The molecule has 150 valence electrons. The first kappa shape index (κ1) is 20.0. The zero-order valence-electron chi connectivity index (χ0n) is 15.5. The summed E-state index contributed by atoms with van der Waals surface area (Å²) in [5.41, 5.74) is 1.12. The Morgan fingerprint density at radius 1 is 1.14 bits per heavy atom. The molecule has 1 aliphatic rings. The summed E-state index contributed by atoms with van der Waals surface area (Å²) in [5, 5.41) is 22.6. The maximum Gasteiger partial charge on any atom is 0.335 e. The maximum atomic E-state index is 12.4. The number of amides is 2. The molecule has 2 amide bonds. The van der Waals surface area contributed by atoms with Crippen LogP contribution < -0.4 is 10.2 Å². The van der Waals surface area contributed by atoms with Gasteiger partial charge in [0.05, 0.1) is 10.5 Å². The number of non-ortho nitro benzene ring substituents is 1. The van der Waals surface area contributed by atoms with Crippen LogP contribution in [0.2, 0.25) is 0 Å². The van der Waals surface area contributed by atoms with Crippen molar-refractivity contribution < 1.29 is 24.4 Å². The monoisotopic (exact) mass is 397 g/mol. The van der Waals surface area contributed by atoms with Crippen LogP contribution in [0.15, 0.2) is 42.5 Å². The number of rotatable bonds is 7. The molecule has 9 heteroatoms. The zero-order valence-corrected chi connectivity index (χ0v) is 15.5. The van der Waals surface area contributed by atoms with E-state index >= 15 is 0 Å². The van der Waals surface area contributed by atoms with Gasteiger partial charge in [0.2, 0.25) is 5.91 Å². The first-order chi connectivity index (χ1) is 13.9. The van der Waals surface area contributed by atoms with Crippen LogP contribution in [0, 0.1) is 10.1 Å². The van der Waals surface area contributed by atoms with Gasteiger partial charge in [-0.25, -0.2) is 4.79 Å². The van der Waals surface area contributed by atoms with Crippen LogP contribution in [0.5, 0.6) is 0 Å². The molecule has 0 saturated carbocycles. The summed E-state index contributed by atoms with van der Waals surface area (Å²) >= 11 is 0. The van der Waals surface area contributed by atoms with Crippen molar-refractivity contribution in [3.05, 3.63) is 69.3 Å². The molecule has 0 atom stereocenters. The number of para-hydroxylation sites is 1. The van der Waals surface area contributed by atoms with Crippen LogP contribution in [-0.2, 0) is 11.2 Å². The number of nitrogens with one attached hydrogen (secondary N) is 1. The lowest BCUT2D eigenvalue weighted by molar-refractivity contribution is -0.384. The highest BCUT2D eigenvalue weighted by molar-refractivity contribution is 5.98. The molecule has 0 fully saturated rings. The van der Waals surface area contributed by atoms with Crippen LogP contribution in [0.4, 0.5) is 11.4 Å². The van der Waals surface area contributed by atoms with Crippen LogP contribution in [0.3, 0.4) is 0 Å². The molecule has 0 bridgehead atoms. The van der Waals surface area contributed by atoms with Gasteiger partial charge in [0.25, 0.3) is 11.6 Å². The Hall–Kier alpha value is -3.75. The van der Waals surface area contributed by atoms with Crippen LogP contribution in [-0.4, -0.2) is 40.9 Å². The van der Waals surface area contributed by atoms with E-state index in [9.17, 15) is 24.5 Å². The van der Waals surface area contributed by atoms with Crippen molar-refractivity contribution in [3.8, 4) is 0 Å². The van der Waals surface area contributed by atoms with E-state index in [1.807, 2.05) is 24.3 Å². The number of hydrogen-bond donors (Lipinski definition) is 2. The molecule has 1 aliphatic heterocycles. The van der Waals surface area contributed by atoms with E-state index in [1.54, 1.807) is 4.90 Å². The van der Waals surface area contributed by atoms with Crippen LogP contribution in [0.1, 0.15) is 39.1 Å². The predicted octanol–water partition coefficient (Wildman–Crippen LogP) is 2.39. The van der Waals surface area contributed by atoms with Gasteiger partial charge in [-0.1, -0.05) is 18.2 Å². The minimum absolute atomic E-state index is 0.0345. The van der Waals surface area contributed by atoms with E-state index in [0.29, 0.717) is 13.0 Å². The second-order valence-electron chi connectivity index (χ2n) is 6.61. The smallest absolute Gasteiger partial charge is 0.335 e. The number of fused-ring (bicyclic) bond motifs is 1. The Bertz CT molecular complexity index is 956. The largest absolute Gasteiger partial charge is 0.478 e. The van der Waals surface area contributed by atoms with Gasteiger partial charge < -0.3 is 15.3 Å². The first-order valence-corrected chi connectivity index (χ1v) is 9.06. The van der Waals surface area contributed by atoms with Gasteiger partial charge in [0.1, 0.15) is 0 Å². The number of nitro benzene ring substituents is 1. The summed E-state index contributed by atoms with van der Waals surface area (Å²) in [7, 11) is 0. The average Bonchev–Trinajstić information content (AvgIpc) is 3.14. The van der Waals surface area contributed by atoms with E-state index in [1.165, 1.54) is 0 Å². The van der Waals surface area contributed by atoms with Gasteiger partial charge in [0, 0.05) is 42.9 Å². The lowest BCUT2D eigenvalue weighted by Gasteiger charge is -2.17. The van der Waals surface area contributed by atoms with Crippen molar-refractivity contribution in [2.45, 2.75) is 19.3 Å². The number of hydrogen-bond acceptors (Lipinski definition) is 5. The lowest BCUT2D eigenvalue weighted by atomic mass is 10.1. The number of aromatic carboxylic acids is 1. The average molecular weight is 397 g/mol. The molecular formula is C20H19N3O6. The predicted molar refractivity (Wildman–Crippen MR) is 104 cm³/mol. The summed E-state index contributed by atoms with van der Waals surface area (Å²) < 4.78 is 0. The number of carbonyl (C=O) groups is 3. The molecule has 2 aromatic rings. The molecule has 0 radical (unpaired) electrons. The van der Waals surface area contributed by atoms with Crippen LogP contribution in [0.25, 0.3) is 0 Å². The molecule has 29 heavy (non-hydrogen) atoms. The van der Waals surface area contributed by atoms with Crippen LogP contribution >= 0.6 is 0 Å². The third kappa shape index (κ3) is 4.57. The Kier molecular flexibility index (Phi) is 5.87.